The van der Waals surface area contributed by atoms with Crippen molar-refractivity contribution >= 4 is 44.1 Å². The number of methoxy groups -OCH3 is 1. The van der Waals surface area contributed by atoms with Crippen LogP contribution in [0.5, 0.6) is 5.75 Å². The lowest BCUT2D eigenvalue weighted by Gasteiger charge is -2.06. The van der Waals surface area contributed by atoms with Crippen molar-refractivity contribution in [3.05, 3.63) is 64.5 Å². The zero-order valence-electron chi connectivity index (χ0n) is 15.1. The highest BCUT2D eigenvalue weighted by Crippen LogP contribution is 2.34. The van der Waals surface area contributed by atoms with Crippen LogP contribution in [0.1, 0.15) is 20.8 Å². The highest BCUT2D eigenvalue weighted by atomic mass is 32.1. The van der Waals surface area contributed by atoms with Crippen molar-refractivity contribution in [2.24, 2.45) is 0 Å². The summed E-state index contributed by atoms with van der Waals surface area (Å²) in [5.74, 6) is 0.596. The first-order valence-corrected chi connectivity index (χ1v) is 9.37. The second-order valence-corrected chi connectivity index (χ2v) is 7.41. The van der Waals surface area contributed by atoms with E-state index in [1.807, 2.05) is 55.5 Å². The molecule has 3 N–H and O–H groups in total. The quantitative estimate of drug-likeness (QED) is 0.556. The zero-order valence-corrected chi connectivity index (χ0v) is 15.9. The third-order valence-electron chi connectivity index (χ3n) is 4.49. The number of nitrogens with two attached hydrogens (primary N) is 1. The molecule has 0 saturated carbocycles. The van der Waals surface area contributed by atoms with E-state index in [4.69, 9.17) is 10.5 Å². The van der Waals surface area contributed by atoms with E-state index in [9.17, 15) is 4.79 Å². The standard InChI is InChI=1S/C21H19N3O2S/c1-12-3-6-14-10-16-18(22)19(27-21(16)24-17(14)9-12)20(25)23-11-13-4-7-15(26-2)8-5-13/h3-10H,11,22H2,1-2H3,(H,23,25). The molecule has 0 saturated heterocycles. The smallest absolute Gasteiger partial charge is 0.263 e. The van der Waals surface area contributed by atoms with Gasteiger partial charge in [-0.2, -0.15) is 0 Å². The average molecular weight is 377 g/mol. The SMILES string of the molecule is COc1ccc(CNC(=O)c2sc3nc4cc(C)ccc4cc3c2N)cc1. The Balaban J connectivity index is 1.60. The first kappa shape index (κ1) is 17.3. The molecular weight excluding hydrogens is 358 g/mol. The molecule has 0 aliphatic rings. The zero-order chi connectivity index (χ0) is 19.0. The van der Waals surface area contributed by atoms with Crippen LogP contribution in [0.3, 0.4) is 0 Å². The maximum atomic E-state index is 12.6. The third kappa shape index (κ3) is 3.31. The van der Waals surface area contributed by atoms with E-state index in [2.05, 4.69) is 10.3 Å². The van der Waals surface area contributed by atoms with Crippen LogP contribution >= 0.6 is 11.3 Å². The summed E-state index contributed by atoms with van der Waals surface area (Å²) in [4.78, 5) is 18.6. The van der Waals surface area contributed by atoms with Gasteiger partial charge in [0, 0.05) is 17.3 Å². The van der Waals surface area contributed by atoms with E-state index in [1.165, 1.54) is 11.3 Å². The largest absolute Gasteiger partial charge is 0.497 e. The van der Waals surface area contributed by atoms with Gasteiger partial charge in [-0.3, -0.25) is 4.79 Å². The molecule has 2 aromatic heterocycles. The number of hydrogen-bond donors (Lipinski definition) is 2. The monoisotopic (exact) mass is 377 g/mol. The van der Waals surface area contributed by atoms with Gasteiger partial charge >= 0.3 is 0 Å². The Morgan fingerprint density at radius 3 is 2.70 bits per heavy atom. The van der Waals surface area contributed by atoms with Crippen LogP contribution in [0, 0.1) is 6.92 Å². The van der Waals surface area contributed by atoms with Gasteiger partial charge in [0.1, 0.15) is 15.5 Å². The van der Waals surface area contributed by atoms with Gasteiger partial charge in [-0.15, -0.1) is 11.3 Å². The second kappa shape index (κ2) is 6.89. The number of carbonyl (C=O) groups is 1. The number of hydrogen-bond acceptors (Lipinski definition) is 5. The molecule has 0 aliphatic heterocycles. The highest BCUT2D eigenvalue weighted by Gasteiger charge is 2.17. The lowest BCUT2D eigenvalue weighted by Crippen LogP contribution is -2.22. The van der Waals surface area contributed by atoms with Crippen LogP contribution in [0.2, 0.25) is 0 Å². The number of nitrogen functional groups attached to an aromatic ring is 1. The van der Waals surface area contributed by atoms with E-state index in [-0.39, 0.29) is 5.91 Å². The molecule has 2 aromatic carbocycles. The molecule has 27 heavy (non-hydrogen) atoms. The number of aromatic nitrogens is 1. The molecule has 2 heterocycles. The van der Waals surface area contributed by atoms with Crippen LogP contribution in [-0.4, -0.2) is 18.0 Å². The Bertz CT molecular complexity index is 1150. The van der Waals surface area contributed by atoms with Crippen molar-refractivity contribution in [1.82, 2.24) is 10.3 Å². The molecule has 136 valence electrons. The van der Waals surface area contributed by atoms with Crippen LogP contribution in [0.4, 0.5) is 5.69 Å². The molecule has 6 heteroatoms. The number of aryl methyl sites for hydroxylation is 1. The van der Waals surface area contributed by atoms with Gasteiger partial charge in [0.2, 0.25) is 0 Å². The number of carbonyl (C=O) groups excluding carboxylic acids is 1. The number of nitrogens with zero attached hydrogens (tertiary/aromatic N) is 1. The number of thiophene rings is 1. The Labute approximate surface area is 160 Å². The van der Waals surface area contributed by atoms with Crippen molar-refractivity contribution in [3.8, 4) is 5.75 Å². The minimum Gasteiger partial charge on any atom is -0.497 e. The molecule has 0 bridgehead atoms. The first-order valence-electron chi connectivity index (χ1n) is 8.55. The summed E-state index contributed by atoms with van der Waals surface area (Å²) in [6.07, 6.45) is 0. The normalized spacial score (nSPS) is 11.0. The number of benzene rings is 2. The molecule has 0 fully saturated rings. The summed E-state index contributed by atoms with van der Waals surface area (Å²) >= 11 is 1.33. The third-order valence-corrected chi connectivity index (χ3v) is 5.60. The van der Waals surface area contributed by atoms with Gasteiger partial charge in [-0.25, -0.2) is 4.98 Å². The predicted octanol–water partition coefficient (Wildman–Crippen LogP) is 4.28. The molecular formula is C21H19N3O2S. The Kier molecular flexibility index (Phi) is 4.41. The first-order chi connectivity index (χ1) is 13.0. The number of ether oxygens (including phenoxy) is 1. The number of rotatable bonds is 4. The van der Waals surface area contributed by atoms with Gasteiger partial charge in [0.05, 0.1) is 18.3 Å². The van der Waals surface area contributed by atoms with Gasteiger partial charge < -0.3 is 15.8 Å². The van der Waals surface area contributed by atoms with Gasteiger partial charge in [0.15, 0.2) is 0 Å². The van der Waals surface area contributed by atoms with Crippen molar-refractivity contribution in [2.45, 2.75) is 13.5 Å². The minimum atomic E-state index is -0.188. The Morgan fingerprint density at radius 2 is 1.96 bits per heavy atom. The van der Waals surface area contributed by atoms with Crippen LogP contribution in [0.15, 0.2) is 48.5 Å². The average Bonchev–Trinajstić information content (AvgIpc) is 3.00. The molecule has 4 rings (SSSR count). The summed E-state index contributed by atoms with van der Waals surface area (Å²) in [7, 11) is 1.62. The molecule has 0 atom stereocenters. The van der Waals surface area contributed by atoms with Gasteiger partial charge in [-0.1, -0.05) is 24.3 Å². The highest BCUT2D eigenvalue weighted by molar-refractivity contribution is 7.21. The fourth-order valence-corrected chi connectivity index (χ4v) is 3.98. The fourth-order valence-electron chi connectivity index (χ4n) is 2.98. The van der Waals surface area contributed by atoms with Crippen molar-refractivity contribution < 1.29 is 9.53 Å². The number of amides is 1. The molecule has 0 aliphatic carbocycles. The van der Waals surface area contributed by atoms with Gasteiger partial charge in [-0.05, 0) is 42.3 Å². The number of nitrogens with one attached hydrogen (secondary N) is 1. The summed E-state index contributed by atoms with van der Waals surface area (Å²) in [6.45, 7) is 2.46. The molecule has 0 spiro atoms. The van der Waals surface area contributed by atoms with E-state index in [0.717, 1.165) is 38.0 Å². The van der Waals surface area contributed by atoms with E-state index in [0.29, 0.717) is 17.1 Å². The predicted molar refractivity (Wildman–Crippen MR) is 110 cm³/mol. The van der Waals surface area contributed by atoms with Gasteiger partial charge in [0.25, 0.3) is 5.91 Å². The summed E-state index contributed by atoms with van der Waals surface area (Å²) < 4.78 is 5.14. The molecule has 1 amide bonds. The lowest BCUT2D eigenvalue weighted by atomic mass is 10.1. The number of anilines is 1. The molecule has 5 nitrogen and oxygen atoms in total. The number of pyridine rings is 1. The van der Waals surface area contributed by atoms with Crippen LogP contribution in [-0.2, 0) is 6.54 Å². The van der Waals surface area contributed by atoms with E-state index in [1.54, 1.807) is 7.11 Å². The molecule has 4 aromatic rings. The summed E-state index contributed by atoms with van der Waals surface area (Å²) in [5, 5.41) is 4.77. The maximum Gasteiger partial charge on any atom is 0.263 e. The Hall–Kier alpha value is -3.12. The lowest BCUT2D eigenvalue weighted by molar-refractivity contribution is 0.0956. The van der Waals surface area contributed by atoms with E-state index >= 15 is 0 Å². The van der Waals surface area contributed by atoms with Crippen LogP contribution < -0.4 is 15.8 Å². The topological polar surface area (TPSA) is 77.2 Å². The molecule has 0 unspecified atom stereocenters. The van der Waals surface area contributed by atoms with E-state index < -0.39 is 0 Å². The number of fused-ring (bicyclic) bond motifs is 2. The molecule has 0 radical (unpaired) electrons. The summed E-state index contributed by atoms with van der Waals surface area (Å²) in [6, 6.07) is 15.7. The van der Waals surface area contributed by atoms with Crippen molar-refractivity contribution in [2.75, 3.05) is 12.8 Å². The second-order valence-electron chi connectivity index (χ2n) is 6.41. The fraction of sp³-hybridized carbons (Fsp3) is 0.143. The Morgan fingerprint density at radius 1 is 1.19 bits per heavy atom. The minimum absolute atomic E-state index is 0.188. The van der Waals surface area contributed by atoms with Crippen molar-refractivity contribution in [1.29, 1.82) is 0 Å². The van der Waals surface area contributed by atoms with Crippen LogP contribution in [0.25, 0.3) is 21.1 Å². The van der Waals surface area contributed by atoms with Crippen molar-refractivity contribution in [3.63, 3.8) is 0 Å². The maximum absolute atomic E-state index is 12.6. The summed E-state index contributed by atoms with van der Waals surface area (Å²) in [5.41, 5.74) is 9.79.